The minimum atomic E-state index is -0.0657. The topological polar surface area (TPSA) is 47.3 Å². The molecule has 0 saturated carbocycles. The highest BCUT2D eigenvalue weighted by Gasteiger charge is 2.23. The highest BCUT2D eigenvalue weighted by Crippen LogP contribution is 2.10. The minimum Gasteiger partial charge on any atom is -0.340 e. The van der Waals surface area contributed by atoms with Crippen LogP contribution in [0.15, 0.2) is 24.3 Å². The predicted molar refractivity (Wildman–Crippen MR) is 78.1 cm³/mol. The summed E-state index contributed by atoms with van der Waals surface area (Å²) in [6, 6.07) is 10.3. The van der Waals surface area contributed by atoms with Crippen molar-refractivity contribution in [3.8, 4) is 6.07 Å². The third kappa shape index (κ3) is 3.58. The van der Waals surface area contributed by atoms with Crippen molar-refractivity contribution in [3.05, 3.63) is 35.4 Å². The molecular weight excluding hydrogens is 250 g/mol. The first-order chi connectivity index (χ1) is 9.60. The second kappa shape index (κ2) is 6.53. The lowest BCUT2D eigenvalue weighted by atomic mass is 10.1. The molecular formula is C16H21N3O. The van der Waals surface area contributed by atoms with E-state index in [-0.39, 0.29) is 11.9 Å². The lowest BCUT2D eigenvalue weighted by Gasteiger charge is -2.36. The van der Waals surface area contributed by atoms with Gasteiger partial charge in [0.2, 0.25) is 5.91 Å². The predicted octanol–water partition coefficient (Wildman–Crippen LogP) is 1.59. The summed E-state index contributed by atoms with van der Waals surface area (Å²) in [7, 11) is 0. The maximum absolute atomic E-state index is 12.3. The molecule has 106 valence electrons. The number of nitrogens with zero attached hydrogens (tertiary/aromatic N) is 3. The van der Waals surface area contributed by atoms with Gasteiger partial charge < -0.3 is 4.90 Å². The molecule has 0 aliphatic carbocycles. The van der Waals surface area contributed by atoms with Crippen LogP contribution in [0, 0.1) is 18.3 Å². The summed E-state index contributed by atoms with van der Waals surface area (Å²) in [6.45, 7) is 6.95. The van der Waals surface area contributed by atoms with E-state index >= 15 is 0 Å². The number of amides is 1. The standard InChI is InChI=1S/C16H21N3O/c1-13-4-3-5-15(10-13)11-16(20)19-8-6-18(7-9-19)14(2)12-17/h3-5,10,14H,6-9,11H2,1-2H3. The van der Waals surface area contributed by atoms with Crippen molar-refractivity contribution in [1.29, 1.82) is 5.26 Å². The highest BCUT2D eigenvalue weighted by atomic mass is 16.2. The first kappa shape index (κ1) is 14.5. The first-order valence-electron chi connectivity index (χ1n) is 7.07. The molecule has 2 rings (SSSR count). The number of carbonyl (C=O) groups excluding carboxylic acids is 1. The van der Waals surface area contributed by atoms with Crippen LogP contribution < -0.4 is 0 Å². The molecule has 1 unspecified atom stereocenters. The van der Waals surface area contributed by atoms with Gasteiger partial charge in [-0.3, -0.25) is 9.69 Å². The van der Waals surface area contributed by atoms with Crippen LogP contribution in [0.3, 0.4) is 0 Å². The Bertz CT molecular complexity index is 513. The van der Waals surface area contributed by atoms with Gasteiger partial charge >= 0.3 is 0 Å². The lowest BCUT2D eigenvalue weighted by molar-refractivity contribution is -0.132. The van der Waals surface area contributed by atoms with Crippen molar-refractivity contribution in [1.82, 2.24) is 9.80 Å². The summed E-state index contributed by atoms with van der Waals surface area (Å²) in [5.41, 5.74) is 2.26. The number of benzene rings is 1. The van der Waals surface area contributed by atoms with Gasteiger partial charge in [-0.05, 0) is 19.4 Å². The van der Waals surface area contributed by atoms with Gasteiger partial charge in [-0.15, -0.1) is 0 Å². The van der Waals surface area contributed by atoms with E-state index in [0.717, 1.165) is 31.7 Å². The third-order valence-corrected chi connectivity index (χ3v) is 3.84. The molecule has 0 spiro atoms. The Balaban J connectivity index is 1.88. The smallest absolute Gasteiger partial charge is 0.227 e. The Hall–Kier alpha value is -1.86. The summed E-state index contributed by atoms with van der Waals surface area (Å²) in [5.74, 6) is 0.180. The van der Waals surface area contributed by atoms with Crippen molar-refractivity contribution in [2.75, 3.05) is 26.2 Å². The average Bonchev–Trinajstić information content (AvgIpc) is 2.46. The molecule has 1 fully saturated rings. The molecule has 1 aliphatic rings. The number of piperazine rings is 1. The quantitative estimate of drug-likeness (QED) is 0.839. The fraction of sp³-hybridized carbons (Fsp3) is 0.500. The van der Waals surface area contributed by atoms with E-state index in [1.54, 1.807) is 0 Å². The van der Waals surface area contributed by atoms with Gasteiger partial charge in [-0.2, -0.15) is 5.26 Å². The van der Waals surface area contributed by atoms with Gasteiger partial charge in [0, 0.05) is 26.2 Å². The van der Waals surface area contributed by atoms with E-state index in [1.807, 2.05) is 36.9 Å². The third-order valence-electron chi connectivity index (χ3n) is 3.84. The van der Waals surface area contributed by atoms with E-state index in [9.17, 15) is 4.79 Å². The van der Waals surface area contributed by atoms with Crippen LogP contribution in [-0.4, -0.2) is 47.9 Å². The van der Waals surface area contributed by atoms with E-state index in [1.165, 1.54) is 5.56 Å². The van der Waals surface area contributed by atoms with Crippen molar-refractivity contribution in [2.45, 2.75) is 26.3 Å². The molecule has 4 nitrogen and oxygen atoms in total. The van der Waals surface area contributed by atoms with Gasteiger partial charge in [-0.25, -0.2) is 0 Å². The summed E-state index contributed by atoms with van der Waals surface area (Å²) in [6.07, 6.45) is 0.468. The lowest BCUT2D eigenvalue weighted by Crippen LogP contribution is -2.51. The Kier molecular flexibility index (Phi) is 4.75. The van der Waals surface area contributed by atoms with Gasteiger partial charge in [0.05, 0.1) is 18.5 Å². The molecule has 1 heterocycles. The van der Waals surface area contributed by atoms with E-state index in [2.05, 4.69) is 17.0 Å². The average molecular weight is 271 g/mol. The van der Waals surface area contributed by atoms with Crippen LogP contribution in [0.5, 0.6) is 0 Å². The zero-order valence-corrected chi connectivity index (χ0v) is 12.2. The van der Waals surface area contributed by atoms with Crippen molar-refractivity contribution in [3.63, 3.8) is 0 Å². The van der Waals surface area contributed by atoms with E-state index in [4.69, 9.17) is 5.26 Å². The number of hydrogen-bond acceptors (Lipinski definition) is 3. The maximum atomic E-state index is 12.3. The van der Waals surface area contributed by atoms with Gasteiger partial charge in [0.15, 0.2) is 0 Å². The molecule has 0 bridgehead atoms. The van der Waals surface area contributed by atoms with Crippen LogP contribution in [0.4, 0.5) is 0 Å². The van der Waals surface area contributed by atoms with Crippen LogP contribution in [0.1, 0.15) is 18.1 Å². The Morgan fingerprint density at radius 1 is 1.35 bits per heavy atom. The van der Waals surface area contributed by atoms with Crippen LogP contribution in [-0.2, 0) is 11.2 Å². The maximum Gasteiger partial charge on any atom is 0.227 e. The van der Waals surface area contributed by atoms with Crippen molar-refractivity contribution >= 4 is 5.91 Å². The molecule has 1 atom stereocenters. The number of rotatable bonds is 3. The number of hydrogen-bond donors (Lipinski definition) is 0. The fourth-order valence-electron chi connectivity index (χ4n) is 2.55. The molecule has 0 N–H and O–H groups in total. The molecule has 0 aromatic heterocycles. The zero-order valence-electron chi connectivity index (χ0n) is 12.2. The number of aryl methyl sites for hydroxylation is 1. The summed E-state index contributed by atoms with van der Waals surface area (Å²) < 4.78 is 0. The molecule has 1 aromatic carbocycles. The van der Waals surface area contributed by atoms with Gasteiger partial charge in [-0.1, -0.05) is 29.8 Å². The first-order valence-corrected chi connectivity index (χ1v) is 7.07. The molecule has 1 aliphatic heterocycles. The molecule has 0 radical (unpaired) electrons. The fourth-order valence-corrected chi connectivity index (χ4v) is 2.55. The zero-order chi connectivity index (χ0) is 14.5. The molecule has 20 heavy (non-hydrogen) atoms. The Morgan fingerprint density at radius 3 is 2.65 bits per heavy atom. The molecule has 1 saturated heterocycles. The van der Waals surface area contributed by atoms with Gasteiger partial charge in [0.1, 0.15) is 0 Å². The Morgan fingerprint density at radius 2 is 2.05 bits per heavy atom. The highest BCUT2D eigenvalue weighted by molar-refractivity contribution is 5.79. The number of nitriles is 1. The van der Waals surface area contributed by atoms with E-state index in [0.29, 0.717) is 6.42 Å². The monoisotopic (exact) mass is 271 g/mol. The van der Waals surface area contributed by atoms with Gasteiger partial charge in [0.25, 0.3) is 0 Å². The molecule has 1 aromatic rings. The minimum absolute atomic E-state index is 0.0657. The number of carbonyl (C=O) groups is 1. The van der Waals surface area contributed by atoms with Crippen LogP contribution in [0.25, 0.3) is 0 Å². The largest absolute Gasteiger partial charge is 0.340 e. The summed E-state index contributed by atoms with van der Waals surface area (Å²) in [5, 5.41) is 8.91. The van der Waals surface area contributed by atoms with Crippen molar-refractivity contribution < 1.29 is 4.79 Å². The Labute approximate surface area is 120 Å². The van der Waals surface area contributed by atoms with E-state index < -0.39 is 0 Å². The van der Waals surface area contributed by atoms with Crippen molar-refractivity contribution in [2.24, 2.45) is 0 Å². The second-order valence-corrected chi connectivity index (χ2v) is 5.39. The van der Waals surface area contributed by atoms with Crippen LogP contribution in [0.2, 0.25) is 0 Å². The van der Waals surface area contributed by atoms with Crippen LogP contribution >= 0.6 is 0 Å². The second-order valence-electron chi connectivity index (χ2n) is 5.39. The SMILES string of the molecule is Cc1cccc(CC(=O)N2CCN(C(C)C#N)CC2)c1. The summed E-state index contributed by atoms with van der Waals surface area (Å²) in [4.78, 5) is 16.3. The molecule has 1 amide bonds. The molecule has 4 heteroatoms. The normalized spacial score (nSPS) is 17.6. The summed E-state index contributed by atoms with van der Waals surface area (Å²) >= 11 is 0.